The third-order valence-corrected chi connectivity index (χ3v) is 2.29. The lowest BCUT2D eigenvalue weighted by Gasteiger charge is -1.99. The Kier molecular flexibility index (Phi) is 1.84. The van der Waals surface area contributed by atoms with Crippen molar-refractivity contribution >= 4 is 5.82 Å². The van der Waals surface area contributed by atoms with Crippen LogP contribution in [0.15, 0.2) is 6.07 Å². The number of nitrogen functional groups attached to an aromatic ring is 1. The Bertz CT molecular complexity index is 252. The number of hydrogen-bond donors (Lipinski definition) is 2. The molecule has 1 aliphatic rings. The predicted molar refractivity (Wildman–Crippen MR) is 38.3 cm³/mol. The first-order valence-corrected chi connectivity index (χ1v) is 3.57. The van der Waals surface area contributed by atoms with Crippen LogP contribution in [0.25, 0.3) is 0 Å². The average Bonchev–Trinajstić information content (AvgIpc) is 2.45. The first-order valence-electron chi connectivity index (χ1n) is 3.57. The molecule has 1 aliphatic carbocycles. The summed E-state index contributed by atoms with van der Waals surface area (Å²) in [4.78, 5) is 0. The van der Waals surface area contributed by atoms with Crippen molar-refractivity contribution in [1.82, 2.24) is 5.10 Å². The molecule has 1 fully saturated rings. The van der Waals surface area contributed by atoms with Crippen LogP contribution in [0.1, 0.15) is 25.5 Å². The number of anilines is 1. The molecule has 0 bridgehead atoms. The van der Waals surface area contributed by atoms with Gasteiger partial charge in [-0.3, -0.25) is 5.73 Å². The smallest absolute Gasteiger partial charge is 0.290 e. The monoisotopic (exact) mass is 173 g/mol. The first-order chi connectivity index (χ1) is 4.71. The highest BCUT2D eigenvalue weighted by atomic mass is 35.5. The van der Waals surface area contributed by atoms with E-state index in [4.69, 9.17) is 5.73 Å². The Hall–Kier alpha value is -0.700. The van der Waals surface area contributed by atoms with E-state index >= 15 is 0 Å². The van der Waals surface area contributed by atoms with Crippen molar-refractivity contribution in [2.75, 3.05) is 5.73 Å². The van der Waals surface area contributed by atoms with Gasteiger partial charge in [0, 0.05) is 5.41 Å². The highest BCUT2D eigenvalue weighted by Crippen LogP contribution is 2.46. The summed E-state index contributed by atoms with van der Waals surface area (Å²) in [5.41, 5.74) is 7.15. The summed E-state index contributed by atoms with van der Waals surface area (Å²) in [6, 6.07) is 1.98. The summed E-state index contributed by atoms with van der Waals surface area (Å²) in [6.07, 6.45) is 2.56. The third-order valence-electron chi connectivity index (χ3n) is 2.29. The van der Waals surface area contributed by atoms with Gasteiger partial charge < -0.3 is 12.4 Å². The zero-order chi connectivity index (χ0) is 7.19. The van der Waals surface area contributed by atoms with Gasteiger partial charge in [-0.15, -0.1) is 0 Å². The van der Waals surface area contributed by atoms with Crippen LogP contribution in [0, 0.1) is 0 Å². The second-order valence-corrected chi connectivity index (χ2v) is 3.32. The Labute approximate surface area is 71.8 Å². The van der Waals surface area contributed by atoms with Crippen LogP contribution in [0.4, 0.5) is 5.82 Å². The summed E-state index contributed by atoms with van der Waals surface area (Å²) in [5, 5.41) is 5.93. The molecule has 62 valence electrons. The fourth-order valence-electron chi connectivity index (χ4n) is 1.15. The van der Waals surface area contributed by atoms with Gasteiger partial charge in [0.2, 0.25) is 0 Å². The highest BCUT2D eigenvalue weighted by Gasteiger charge is 2.41. The van der Waals surface area contributed by atoms with Crippen LogP contribution in [0.2, 0.25) is 0 Å². The van der Waals surface area contributed by atoms with Gasteiger partial charge in [-0.1, -0.05) is 6.92 Å². The molecule has 0 atom stereocenters. The number of aromatic nitrogens is 2. The van der Waals surface area contributed by atoms with Crippen molar-refractivity contribution in [3.8, 4) is 0 Å². The zero-order valence-corrected chi connectivity index (χ0v) is 7.20. The highest BCUT2D eigenvalue weighted by molar-refractivity contribution is 5.30. The summed E-state index contributed by atoms with van der Waals surface area (Å²) in [5.74, 6) is 0.725. The lowest BCUT2D eigenvalue weighted by molar-refractivity contribution is -0.434. The minimum Gasteiger partial charge on any atom is -1.00 e. The van der Waals surface area contributed by atoms with Crippen molar-refractivity contribution in [3.05, 3.63) is 11.8 Å². The maximum atomic E-state index is 5.52. The van der Waals surface area contributed by atoms with Crippen LogP contribution >= 0.6 is 0 Å². The van der Waals surface area contributed by atoms with Crippen molar-refractivity contribution in [2.45, 2.75) is 25.2 Å². The number of halogens is 1. The minimum absolute atomic E-state index is 0. The molecule has 0 amide bonds. The molecule has 2 rings (SSSR count). The van der Waals surface area contributed by atoms with E-state index in [9.17, 15) is 0 Å². The molecule has 0 unspecified atom stereocenters. The molecule has 4 heteroatoms. The van der Waals surface area contributed by atoms with Crippen LogP contribution in [-0.2, 0) is 5.41 Å². The van der Waals surface area contributed by atoms with Crippen molar-refractivity contribution in [2.24, 2.45) is 0 Å². The number of H-pyrrole nitrogens is 2. The maximum absolute atomic E-state index is 5.52. The Morgan fingerprint density at radius 1 is 1.64 bits per heavy atom. The number of nitrogens with two attached hydrogens (primary N) is 1. The molecule has 11 heavy (non-hydrogen) atoms. The molecule has 1 aromatic rings. The van der Waals surface area contributed by atoms with Gasteiger partial charge in [0.25, 0.3) is 5.82 Å². The molecule has 4 N–H and O–H groups in total. The van der Waals surface area contributed by atoms with Gasteiger partial charge >= 0.3 is 0 Å². The molecule has 3 nitrogen and oxygen atoms in total. The number of rotatable bonds is 1. The SMILES string of the molecule is CC1(c2cc(N)[nH+][nH]2)CC1.[Cl-]. The van der Waals surface area contributed by atoms with Crippen molar-refractivity contribution in [1.29, 1.82) is 0 Å². The van der Waals surface area contributed by atoms with E-state index in [2.05, 4.69) is 17.1 Å². The lowest BCUT2D eigenvalue weighted by Crippen LogP contribution is -3.00. The molecular weight excluding hydrogens is 162 g/mol. The summed E-state index contributed by atoms with van der Waals surface area (Å²) in [6.45, 7) is 2.24. The van der Waals surface area contributed by atoms with Crippen LogP contribution in [0.5, 0.6) is 0 Å². The van der Waals surface area contributed by atoms with Gasteiger partial charge in [0.15, 0.2) is 0 Å². The van der Waals surface area contributed by atoms with Gasteiger partial charge in [-0.05, 0) is 12.8 Å². The molecule has 0 saturated heterocycles. The van der Waals surface area contributed by atoms with E-state index in [-0.39, 0.29) is 12.4 Å². The quantitative estimate of drug-likeness (QED) is 0.484. The second-order valence-electron chi connectivity index (χ2n) is 3.32. The van der Waals surface area contributed by atoms with Gasteiger partial charge in [0.05, 0.1) is 11.8 Å². The minimum atomic E-state index is 0. The van der Waals surface area contributed by atoms with Gasteiger partial charge in [-0.2, -0.15) is 5.10 Å². The molecule has 0 aliphatic heterocycles. The normalized spacial score (nSPS) is 19.0. The summed E-state index contributed by atoms with van der Waals surface area (Å²) >= 11 is 0. The number of aromatic amines is 2. The number of nitrogens with one attached hydrogen (secondary N) is 2. The third kappa shape index (κ3) is 1.33. The van der Waals surface area contributed by atoms with E-state index in [1.807, 2.05) is 6.07 Å². The van der Waals surface area contributed by atoms with E-state index in [1.54, 1.807) is 0 Å². The van der Waals surface area contributed by atoms with E-state index in [0.29, 0.717) is 5.41 Å². The molecule has 0 aromatic carbocycles. The van der Waals surface area contributed by atoms with Crippen molar-refractivity contribution < 1.29 is 17.5 Å². The van der Waals surface area contributed by atoms with E-state index < -0.39 is 0 Å². The average molecular weight is 174 g/mol. The first kappa shape index (κ1) is 8.40. The summed E-state index contributed by atoms with van der Waals surface area (Å²) in [7, 11) is 0. The number of hydrogen-bond acceptors (Lipinski definition) is 1. The largest absolute Gasteiger partial charge is 1.00 e. The molecule has 1 heterocycles. The lowest BCUT2D eigenvalue weighted by atomic mass is 10.1. The second kappa shape index (κ2) is 2.41. The van der Waals surface area contributed by atoms with E-state index in [0.717, 1.165) is 5.82 Å². The molecule has 1 aromatic heterocycles. The molecule has 1 saturated carbocycles. The molecule has 0 radical (unpaired) electrons. The van der Waals surface area contributed by atoms with Crippen LogP contribution in [0.3, 0.4) is 0 Å². The fraction of sp³-hybridized carbons (Fsp3) is 0.571. The predicted octanol–water partition coefficient (Wildman–Crippen LogP) is -2.53. The standard InChI is InChI=1S/C7H11N3.ClH/c1-7(2-3-7)5-4-6(8)10-9-5;/h4H,2-3H2,1H3,(H3,8,9,10);1H. The fourth-order valence-corrected chi connectivity index (χ4v) is 1.15. The van der Waals surface area contributed by atoms with Crippen molar-refractivity contribution in [3.63, 3.8) is 0 Å². The maximum Gasteiger partial charge on any atom is 0.290 e. The Balaban J connectivity index is 0.000000605. The molecule has 0 spiro atoms. The van der Waals surface area contributed by atoms with Crippen LogP contribution < -0.4 is 23.2 Å². The zero-order valence-electron chi connectivity index (χ0n) is 6.45. The van der Waals surface area contributed by atoms with Gasteiger partial charge in [-0.25, -0.2) is 5.10 Å². The Morgan fingerprint density at radius 2 is 2.27 bits per heavy atom. The van der Waals surface area contributed by atoms with Crippen LogP contribution in [-0.4, -0.2) is 5.10 Å². The van der Waals surface area contributed by atoms with Gasteiger partial charge in [0.1, 0.15) is 0 Å². The topological polar surface area (TPSA) is 55.9 Å². The summed E-state index contributed by atoms with van der Waals surface area (Å²) < 4.78 is 0. The molecular formula is C7H12ClN3. The Morgan fingerprint density at radius 3 is 2.64 bits per heavy atom. The van der Waals surface area contributed by atoms with E-state index in [1.165, 1.54) is 18.5 Å².